The molecule has 0 aromatic carbocycles. The van der Waals surface area contributed by atoms with Crippen molar-refractivity contribution in [2.24, 2.45) is 11.7 Å². The maximum absolute atomic E-state index is 10.8. The molecule has 0 spiro atoms. The molecule has 0 radical (unpaired) electrons. The van der Waals surface area contributed by atoms with Gasteiger partial charge in [0.2, 0.25) is 5.91 Å². The molecule has 1 amide bonds. The van der Waals surface area contributed by atoms with Gasteiger partial charge < -0.3 is 21.1 Å². The molecule has 0 aromatic heterocycles. The van der Waals surface area contributed by atoms with Crippen LogP contribution in [0.1, 0.15) is 13.8 Å². The topological polar surface area (TPSA) is 76.4 Å². The molecule has 0 heterocycles. The van der Waals surface area contributed by atoms with Crippen LogP contribution in [0, 0.1) is 5.92 Å². The lowest BCUT2D eigenvalue weighted by Crippen LogP contribution is -2.33. The van der Waals surface area contributed by atoms with Gasteiger partial charge in [-0.3, -0.25) is 4.79 Å². The molecule has 0 unspecified atom stereocenters. The molecule has 0 atom stereocenters. The van der Waals surface area contributed by atoms with Gasteiger partial charge in [-0.1, -0.05) is 13.8 Å². The van der Waals surface area contributed by atoms with Crippen molar-refractivity contribution in [1.82, 2.24) is 10.6 Å². The third-order valence-corrected chi connectivity index (χ3v) is 1.51. The summed E-state index contributed by atoms with van der Waals surface area (Å²) in [5.74, 6) is 0.465. The van der Waals surface area contributed by atoms with E-state index in [-0.39, 0.29) is 19.2 Å². The monoisotopic (exact) mass is 203 g/mol. The van der Waals surface area contributed by atoms with Crippen LogP contribution in [0.15, 0.2) is 0 Å². The Hall–Kier alpha value is -0.650. The van der Waals surface area contributed by atoms with E-state index < -0.39 is 0 Å². The second-order valence-corrected chi connectivity index (χ2v) is 3.45. The van der Waals surface area contributed by atoms with Crippen molar-refractivity contribution in [3.63, 3.8) is 0 Å². The summed E-state index contributed by atoms with van der Waals surface area (Å²) >= 11 is 0. The summed E-state index contributed by atoms with van der Waals surface area (Å²) < 4.78 is 5.10. The van der Waals surface area contributed by atoms with Crippen molar-refractivity contribution in [3.8, 4) is 0 Å². The minimum absolute atomic E-state index is 0.0839. The Morgan fingerprint density at radius 2 is 2.21 bits per heavy atom. The minimum Gasteiger partial charge on any atom is -0.370 e. The normalized spacial score (nSPS) is 10.6. The number of hydrogen-bond donors (Lipinski definition) is 3. The molecule has 0 aliphatic rings. The molecule has 0 bridgehead atoms. The molecule has 5 nitrogen and oxygen atoms in total. The number of hydrogen-bond acceptors (Lipinski definition) is 4. The van der Waals surface area contributed by atoms with E-state index >= 15 is 0 Å². The van der Waals surface area contributed by atoms with Gasteiger partial charge in [-0.25, -0.2) is 0 Å². The van der Waals surface area contributed by atoms with Gasteiger partial charge >= 0.3 is 0 Å². The maximum atomic E-state index is 10.8. The fourth-order valence-electron chi connectivity index (χ4n) is 0.865. The van der Waals surface area contributed by atoms with E-state index in [1.54, 1.807) is 0 Å². The van der Waals surface area contributed by atoms with Gasteiger partial charge in [0.25, 0.3) is 0 Å². The molecule has 0 aromatic rings. The second kappa shape index (κ2) is 8.93. The summed E-state index contributed by atoms with van der Waals surface area (Å²) in [6.07, 6.45) is 0. The molecule has 0 saturated carbocycles. The van der Waals surface area contributed by atoms with Crippen LogP contribution in [-0.2, 0) is 9.53 Å². The van der Waals surface area contributed by atoms with Crippen molar-refractivity contribution in [2.75, 3.05) is 33.0 Å². The molecule has 0 aliphatic heterocycles. The molecule has 4 N–H and O–H groups in total. The van der Waals surface area contributed by atoms with Gasteiger partial charge in [0.1, 0.15) is 6.61 Å². The summed E-state index contributed by atoms with van der Waals surface area (Å²) in [5.41, 5.74) is 5.11. The van der Waals surface area contributed by atoms with E-state index in [1.165, 1.54) is 0 Å². The lowest BCUT2D eigenvalue weighted by molar-refractivity contribution is -0.125. The van der Waals surface area contributed by atoms with Gasteiger partial charge in [0.05, 0.1) is 13.3 Å². The van der Waals surface area contributed by atoms with Gasteiger partial charge in [-0.15, -0.1) is 0 Å². The molecule has 0 fully saturated rings. The minimum atomic E-state index is -0.170. The van der Waals surface area contributed by atoms with Crippen molar-refractivity contribution in [3.05, 3.63) is 0 Å². The van der Waals surface area contributed by atoms with Crippen LogP contribution in [0.3, 0.4) is 0 Å². The van der Waals surface area contributed by atoms with Crippen LogP contribution in [-0.4, -0.2) is 38.9 Å². The van der Waals surface area contributed by atoms with E-state index in [0.717, 1.165) is 13.1 Å². The van der Waals surface area contributed by atoms with Crippen molar-refractivity contribution < 1.29 is 9.53 Å². The van der Waals surface area contributed by atoms with E-state index in [0.29, 0.717) is 12.5 Å². The Balaban J connectivity index is 3.09. The molecule has 5 heteroatoms. The van der Waals surface area contributed by atoms with Crippen LogP contribution >= 0.6 is 0 Å². The first-order valence-corrected chi connectivity index (χ1v) is 4.92. The van der Waals surface area contributed by atoms with Crippen LogP contribution in [0.25, 0.3) is 0 Å². The van der Waals surface area contributed by atoms with Crippen LogP contribution in [0.2, 0.25) is 0 Å². The maximum Gasteiger partial charge on any atom is 0.246 e. The van der Waals surface area contributed by atoms with Gasteiger partial charge in [0, 0.05) is 6.54 Å². The third kappa shape index (κ3) is 9.44. The Bertz CT molecular complexity index is 151. The molecule has 0 rings (SSSR count). The highest BCUT2D eigenvalue weighted by Crippen LogP contribution is 1.85. The summed E-state index contributed by atoms with van der Waals surface area (Å²) in [5, 5.41) is 5.66. The molecule has 0 saturated heterocycles. The second-order valence-electron chi connectivity index (χ2n) is 3.45. The molecule has 14 heavy (non-hydrogen) atoms. The molecular weight excluding hydrogens is 182 g/mol. The lowest BCUT2D eigenvalue weighted by Gasteiger charge is -2.07. The Morgan fingerprint density at radius 3 is 2.79 bits per heavy atom. The van der Waals surface area contributed by atoms with Crippen molar-refractivity contribution in [2.45, 2.75) is 13.8 Å². The van der Waals surface area contributed by atoms with Gasteiger partial charge in [0.15, 0.2) is 0 Å². The van der Waals surface area contributed by atoms with E-state index in [2.05, 4.69) is 24.5 Å². The number of carbonyl (C=O) groups excluding carboxylic acids is 1. The summed E-state index contributed by atoms with van der Waals surface area (Å²) in [7, 11) is 0. The highest BCUT2D eigenvalue weighted by Gasteiger charge is 1.98. The SMILES string of the molecule is CC(C)CNCCOCC(=O)NCN. The van der Waals surface area contributed by atoms with Gasteiger partial charge in [-0.2, -0.15) is 0 Å². The van der Waals surface area contributed by atoms with Crippen LogP contribution < -0.4 is 16.4 Å². The summed E-state index contributed by atoms with van der Waals surface area (Å²) in [4.78, 5) is 10.8. The highest BCUT2D eigenvalue weighted by molar-refractivity contribution is 5.76. The summed E-state index contributed by atoms with van der Waals surface area (Å²) in [6, 6.07) is 0. The zero-order valence-corrected chi connectivity index (χ0v) is 9.01. The van der Waals surface area contributed by atoms with Crippen molar-refractivity contribution >= 4 is 5.91 Å². The van der Waals surface area contributed by atoms with Gasteiger partial charge in [-0.05, 0) is 12.5 Å². The Labute approximate surface area is 85.4 Å². The number of carbonyl (C=O) groups is 1. The fourth-order valence-corrected chi connectivity index (χ4v) is 0.865. The predicted octanol–water partition coefficient (Wildman–Crippen LogP) is -0.719. The zero-order valence-electron chi connectivity index (χ0n) is 9.01. The predicted molar refractivity (Wildman–Crippen MR) is 55.7 cm³/mol. The Kier molecular flexibility index (Phi) is 8.51. The smallest absolute Gasteiger partial charge is 0.246 e. The molecule has 0 aliphatic carbocycles. The molecular formula is C9H21N3O2. The zero-order chi connectivity index (χ0) is 10.8. The number of ether oxygens (including phenoxy) is 1. The average Bonchev–Trinajstić information content (AvgIpc) is 2.11. The molecule has 84 valence electrons. The van der Waals surface area contributed by atoms with Crippen LogP contribution in [0.5, 0.6) is 0 Å². The first-order valence-electron chi connectivity index (χ1n) is 4.92. The number of amides is 1. The first-order chi connectivity index (χ1) is 6.66. The quantitative estimate of drug-likeness (QED) is 0.359. The highest BCUT2D eigenvalue weighted by atomic mass is 16.5. The summed E-state index contributed by atoms with van der Waals surface area (Å²) in [6.45, 7) is 6.82. The average molecular weight is 203 g/mol. The van der Waals surface area contributed by atoms with E-state index in [1.807, 2.05) is 0 Å². The first kappa shape index (κ1) is 13.4. The van der Waals surface area contributed by atoms with Crippen molar-refractivity contribution in [1.29, 1.82) is 0 Å². The number of nitrogens with two attached hydrogens (primary N) is 1. The number of rotatable bonds is 8. The fraction of sp³-hybridized carbons (Fsp3) is 0.889. The van der Waals surface area contributed by atoms with Crippen LogP contribution in [0.4, 0.5) is 0 Å². The third-order valence-electron chi connectivity index (χ3n) is 1.51. The number of nitrogens with one attached hydrogen (secondary N) is 2. The lowest BCUT2D eigenvalue weighted by atomic mass is 10.2. The Morgan fingerprint density at radius 1 is 1.50 bits per heavy atom. The standard InChI is InChI=1S/C9H21N3O2/c1-8(2)5-11-3-4-14-6-9(13)12-7-10/h8,11H,3-7,10H2,1-2H3,(H,12,13). The largest absolute Gasteiger partial charge is 0.370 e. The van der Waals surface area contributed by atoms with E-state index in [4.69, 9.17) is 10.5 Å². The van der Waals surface area contributed by atoms with E-state index in [9.17, 15) is 4.79 Å².